The Morgan fingerprint density at radius 2 is 2.05 bits per heavy atom. The average Bonchev–Trinajstić information content (AvgIpc) is 2.83. The molecular weight excluding hydrogens is 338 g/mol. The molecule has 0 bridgehead atoms. The van der Waals surface area contributed by atoms with Crippen LogP contribution in [0.1, 0.15) is 15.9 Å². The van der Waals surface area contributed by atoms with Crippen LogP contribution >= 0.6 is 27.3 Å². The molecule has 3 nitrogen and oxygen atoms in total. The maximum absolute atomic E-state index is 11.0. The molecule has 20 heavy (non-hydrogen) atoms. The molecule has 100 valence electrons. The van der Waals surface area contributed by atoms with E-state index in [1.54, 1.807) is 18.2 Å². The van der Waals surface area contributed by atoms with Crippen molar-refractivity contribution in [3.8, 4) is 10.6 Å². The molecule has 0 atom stereocenters. The van der Waals surface area contributed by atoms with Crippen LogP contribution in [-0.2, 0) is 0 Å². The van der Waals surface area contributed by atoms with E-state index in [4.69, 9.17) is 5.11 Å². The second-order valence-electron chi connectivity index (χ2n) is 4.49. The van der Waals surface area contributed by atoms with Crippen molar-refractivity contribution >= 4 is 43.5 Å². The first-order valence-electron chi connectivity index (χ1n) is 5.95. The number of carboxylic acids is 1. The van der Waals surface area contributed by atoms with Crippen molar-refractivity contribution in [3.63, 3.8) is 0 Å². The number of hydrogen-bond acceptors (Lipinski definition) is 3. The number of carboxylic acid groups (broad SMARTS) is 1. The molecular formula is C15H10BrNO2S. The molecule has 5 heteroatoms. The molecule has 1 aromatic heterocycles. The summed E-state index contributed by atoms with van der Waals surface area (Å²) in [5.74, 6) is -0.918. The SMILES string of the molecule is Cc1ccc(Br)c(-c2nc3ccc(C(=O)O)cc3s2)c1. The molecule has 0 saturated carbocycles. The Morgan fingerprint density at radius 3 is 2.80 bits per heavy atom. The number of rotatable bonds is 2. The lowest BCUT2D eigenvalue weighted by molar-refractivity contribution is 0.0697. The molecule has 0 radical (unpaired) electrons. The molecule has 0 aliphatic rings. The molecule has 0 amide bonds. The fourth-order valence-corrected chi connectivity index (χ4v) is 3.58. The number of hydrogen-bond donors (Lipinski definition) is 1. The highest BCUT2D eigenvalue weighted by molar-refractivity contribution is 9.10. The van der Waals surface area contributed by atoms with Crippen molar-refractivity contribution in [1.82, 2.24) is 4.98 Å². The van der Waals surface area contributed by atoms with E-state index in [-0.39, 0.29) is 5.56 Å². The molecule has 0 saturated heterocycles. The minimum absolute atomic E-state index is 0.288. The van der Waals surface area contributed by atoms with E-state index in [0.29, 0.717) is 0 Å². The van der Waals surface area contributed by atoms with Crippen molar-refractivity contribution < 1.29 is 9.90 Å². The lowest BCUT2D eigenvalue weighted by Crippen LogP contribution is -1.94. The summed E-state index contributed by atoms with van der Waals surface area (Å²) in [7, 11) is 0. The maximum Gasteiger partial charge on any atom is 0.335 e. The van der Waals surface area contributed by atoms with Gasteiger partial charge < -0.3 is 5.11 Å². The number of benzene rings is 2. The standard InChI is InChI=1S/C15H10BrNO2S/c1-8-2-4-11(16)10(6-8)14-17-12-5-3-9(15(18)19)7-13(12)20-14/h2-7H,1H3,(H,18,19). The van der Waals surface area contributed by atoms with Crippen LogP contribution in [-0.4, -0.2) is 16.1 Å². The third-order valence-electron chi connectivity index (χ3n) is 2.99. The third-order valence-corrected chi connectivity index (χ3v) is 4.73. The number of aromatic carboxylic acids is 1. The van der Waals surface area contributed by atoms with Crippen LogP contribution in [0, 0.1) is 6.92 Å². The molecule has 0 aliphatic heterocycles. The molecule has 1 N–H and O–H groups in total. The van der Waals surface area contributed by atoms with E-state index < -0.39 is 5.97 Å². The molecule has 2 aromatic carbocycles. The Labute approximate surface area is 128 Å². The minimum Gasteiger partial charge on any atom is -0.478 e. The number of aryl methyl sites for hydroxylation is 1. The van der Waals surface area contributed by atoms with Gasteiger partial charge in [0.25, 0.3) is 0 Å². The monoisotopic (exact) mass is 347 g/mol. The van der Waals surface area contributed by atoms with Gasteiger partial charge in [0.1, 0.15) is 5.01 Å². The van der Waals surface area contributed by atoms with Crippen LogP contribution in [0.2, 0.25) is 0 Å². The van der Waals surface area contributed by atoms with E-state index in [0.717, 1.165) is 30.8 Å². The number of thiazole rings is 1. The van der Waals surface area contributed by atoms with Crippen molar-refractivity contribution in [2.45, 2.75) is 6.92 Å². The summed E-state index contributed by atoms with van der Waals surface area (Å²) in [5, 5.41) is 9.91. The summed E-state index contributed by atoms with van der Waals surface area (Å²) in [5.41, 5.74) is 3.30. The molecule has 0 fully saturated rings. The fourth-order valence-electron chi connectivity index (χ4n) is 1.98. The van der Waals surface area contributed by atoms with Gasteiger partial charge in [-0.2, -0.15) is 0 Å². The lowest BCUT2D eigenvalue weighted by atomic mass is 10.1. The summed E-state index contributed by atoms with van der Waals surface area (Å²) in [4.78, 5) is 15.6. The van der Waals surface area contributed by atoms with Gasteiger partial charge in [0.05, 0.1) is 15.8 Å². The number of halogens is 1. The zero-order valence-corrected chi connectivity index (χ0v) is 13.0. The number of fused-ring (bicyclic) bond motifs is 1. The predicted molar refractivity (Wildman–Crippen MR) is 84.5 cm³/mol. The Bertz CT molecular complexity index is 826. The zero-order valence-electron chi connectivity index (χ0n) is 10.6. The Morgan fingerprint density at radius 1 is 1.25 bits per heavy atom. The van der Waals surface area contributed by atoms with Crippen LogP contribution in [0.15, 0.2) is 40.9 Å². The van der Waals surface area contributed by atoms with Gasteiger partial charge >= 0.3 is 5.97 Å². The Balaban J connectivity index is 2.17. The second kappa shape index (κ2) is 5.00. The van der Waals surface area contributed by atoms with Crippen LogP contribution in [0.3, 0.4) is 0 Å². The van der Waals surface area contributed by atoms with Crippen molar-refractivity contribution in [2.75, 3.05) is 0 Å². The summed E-state index contributed by atoms with van der Waals surface area (Å²) >= 11 is 5.04. The van der Waals surface area contributed by atoms with Gasteiger partial charge in [-0.15, -0.1) is 11.3 Å². The largest absolute Gasteiger partial charge is 0.478 e. The Kier molecular flexibility index (Phi) is 3.31. The number of aromatic nitrogens is 1. The summed E-state index contributed by atoms with van der Waals surface area (Å²) in [6.07, 6.45) is 0. The molecule has 0 unspecified atom stereocenters. The first-order valence-corrected chi connectivity index (χ1v) is 7.56. The van der Waals surface area contributed by atoms with Gasteiger partial charge in [0.2, 0.25) is 0 Å². The smallest absolute Gasteiger partial charge is 0.335 e. The first-order chi connectivity index (χ1) is 9.54. The van der Waals surface area contributed by atoms with Gasteiger partial charge in [-0.1, -0.05) is 27.6 Å². The third kappa shape index (κ3) is 2.34. The highest BCUT2D eigenvalue weighted by Gasteiger charge is 2.11. The molecule has 3 aromatic rings. The van der Waals surface area contributed by atoms with E-state index in [1.165, 1.54) is 11.3 Å². The molecule has 3 rings (SSSR count). The van der Waals surface area contributed by atoms with Gasteiger partial charge in [-0.3, -0.25) is 0 Å². The fraction of sp³-hybridized carbons (Fsp3) is 0.0667. The molecule has 0 spiro atoms. The highest BCUT2D eigenvalue weighted by atomic mass is 79.9. The summed E-state index contributed by atoms with van der Waals surface area (Å²) in [6, 6.07) is 11.1. The van der Waals surface area contributed by atoms with Gasteiger partial charge in [-0.25, -0.2) is 9.78 Å². The topological polar surface area (TPSA) is 50.2 Å². The number of nitrogens with zero attached hydrogens (tertiary/aromatic N) is 1. The zero-order chi connectivity index (χ0) is 14.3. The van der Waals surface area contributed by atoms with Gasteiger partial charge in [0.15, 0.2) is 0 Å². The van der Waals surface area contributed by atoms with Crippen LogP contribution in [0.5, 0.6) is 0 Å². The van der Waals surface area contributed by atoms with Crippen molar-refractivity contribution in [2.24, 2.45) is 0 Å². The average molecular weight is 348 g/mol. The normalized spacial score (nSPS) is 10.9. The van der Waals surface area contributed by atoms with E-state index >= 15 is 0 Å². The lowest BCUT2D eigenvalue weighted by Gasteiger charge is -2.01. The quantitative estimate of drug-likeness (QED) is 0.728. The van der Waals surface area contributed by atoms with Crippen LogP contribution in [0.4, 0.5) is 0 Å². The predicted octanol–water partition coefficient (Wildman–Crippen LogP) is 4.73. The maximum atomic E-state index is 11.0. The molecule has 0 aliphatic carbocycles. The van der Waals surface area contributed by atoms with Crippen LogP contribution in [0.25, 0.3) is 20.8 Å². The van der Waals surface area contributed by atoms with Crippen molar-refractivity contribution in [1.29, 1.82) is 0 Å². The number of carbonyl (C=O) groups is 1. The van der Waals surface area contributed by atoms with E-state index in [9.17, 15) is 4.79 Å². The minimum atomic E-state index is -0.918. The highest BCUT2D eigenvalue weighted by Crippen LogP contribution is 2.35. The van der Waals surface area contributed by atoms with Gasteiger partial charge in [-0.05, 0) is 37.3 Å². The van der Waals surface area contributed by atoms with E-state index in [1.807, 2.05) is 19.1 Å². The van der Waals surface area contributed by atoms with E-state index in [2.05, 4.69) is 27.0 Å². The van der Waals surface area contributed by atoms with Gasteiger partial charge in [0, 0.05) is 10.0 Å². The summed E-state index contributed by atoms with van der Waals surface area (Å²) < 4.78 is 1.87. The van der Waals surface area contributed by atoms with Crippen LogP contribution < -0.4 is 0 Å². The summed E-state index contributed by atoms with van der Waals surface area (Å²) in [6.45, 7) is 2.03. The van der Waals surface area contributed by atoms with Crippen molar-refractivity contribution in [3.05, 3.63) is 52.0 Å². The Hall–Kier alpha value is -1.72. The molecule has 1 heterocycles. The first kappa shape index (κ1) is 13.3. The second-order valence-corrected chi connectivity index (χ2v) is 6.37.